The first-order valence-corrected chi connectivity index (χ1v) is 9.79. The molecule has 2 aliphatic rings. The maximum absolute atomic E-state index is 12.7. The molecule has 8 heteroatoms. The average molecular weight is 367 g/mol. The number of unbranched alkanes of at least 4 members (excludes halogenated alkanes) is 2. The van der Waals surface area contributed by atoms with Gasteiger partial charge in [-0.2, -0.15) is 0 Å². The van der Waals surface area contributed by atoms with E-state index in [9.17, 15) is 14.4 Å². The Bertz CT molecular complexity index is 714. The standard InChI is InChI=1S/C18H29N3O5/c1-2-3-4-9-19-16(22)20(10-5-7-14-12-25-14)18(24)21(17(19)23)11-6-8-15-13-26-15/h14-15H,2-13H2,1H3. The summed E-state index contributed by atoms with van der Waals surface area (Å²) < 4.78 is 14.1. The molecule has 1 aromatic heterocycles. The summed E-state index contributed by atoms with van der Waals surface area (Å²) in [6.07, 6.45) is 6.30. The summed E-state index contributed by atoms with van der Waals surface area (Å²) in [6.45, 7) is 4.62. The summed E-state index contributed by atoms with van der Waals surface area (Å²) in [5.74, 6) is 0. The topological polar surface area (TPSA) is 91.1 Å². The molecule has 0 bridgehead atoms. The molecule has 0 spiro atoms. The highest BCUT2D eigenvalue weighted by atomic mass is 16.6. The fraction of sp³-hybridized carbons (Fsp3) is 0.833. The van der Waals surface area contributed by atoms with E-state index in [-0.39, 0.29) is 12.2 Å². The number of ether oxygens (including phenoxy) is 2. The molecule has 0 aromatic carbocycles. The van der Waals surface area contributed by atoms with E-state index in [1.165, 1.54) is 13.7 Å². The largest absolute Gasteiger partial charge is 0.373 e. The number of nitrogens with zero attached hydrogens (tertiary/aromatic N) is 3. The van der Waals surface area contributed by atoms with Crippen molar-refractivity contribution in [3.63, 3.8) is 0 Å². The zero-order valence-electron chi connectivity index (χ0n) is 15.5. The van der Waals surface area contributed by atoms with Gasteiger partial charge in [0.15, 0.2) is 0 Å². The maximum Gasteiger partial charge on any atom is 0.336 e. The Morgan fingerprint density at radius 2 is 1.12 bits per heavy atom. The van der Waals surface area contributed by atoms with Crippen molar-refractivity contribution in [2.75, 3.05) is 13.2 Å². The molecule has 0 aliphatic carbocycles. The third-order valence-corrected chi connectivity index (χ3v) is 4.99. The van der Waals surface area contributed by atoms with Gasteiger partial charge in [-0.1, -0.05) is 19.8 Å². The second kappa shape index (κ2) is 8.81. The first kappa shape index (κ1) is 19.1. The van der Waals surface area contributed by atoms with Crippen molar-refractivity contribution < 1.29 is 9.47 Å². The first-order chi connectivity index (χ1) is 12.6. The summed E-state index contributed by atoms with van der Waals surface area (Å²) >= 11 is 0. The highest BCUT2D eigenvalue weighted by molar-refractivity contribution is 4.80. The van der Waals surface area contributed by atoms with Gasteiger partial charge in [-0.3, -0.25) is 0 Å². The van der Waals surface area contributed by atoms with Crippen molar-refractivity contribution in [2.24, 2.45) is 0 Å². The van der Waals surface area contributed by atoms with Gasteiger partial charge in [0.1, 0.15) is 0 Å². The minimum Gasteiger partial charge on any atom is -0.373 e. The van der Waals surface area contributed by atoms with Crippen LogP contribution in [0.25, 0.3) is 0 Å². The normalized spacial score (nSPS) is 21.1. The van der Waals surface area contributed by atoms with E-state index in [1.54, 1.807) is 0 Å². The van der Waals surface area contributed by atoms with Crippen molar-refractivity contribution in [1.29, 1.82) is 0 Å². The SMILES string of the molecule is CCCCCn1c(=O)n(CCCC2CO2)c(=O)n(CCCC2CO2)c1=O. The molecule has 3 rings (SSSR count). The third kappa shape index (κ3) is 4.94. The molecule has 1 aromatic rings. The van der Waals surface area contributed by atoms with E-state index in [0.717, 1.165) is 45.3 Å². The Kier molecular flexibility index (Phi) is 6.48. The summed E-state index contributed by atoms with van der Waals surface area (Å²) in [6, 6.07) is 0. The van der Waals surface area contributed by atoms with Crippen LogP contribution in [-0.2, 0) is 29.1 Å². The molecular weight excluding hydrogens is 338 g/mol. The molecule has 0 N–H and O–H groups in total. The molecule has 2 atom stereocenters. The quantitative estimate of drug-likeness (QED) is 0.401. The third-order valence-electron chi connectivity index (χ3n) is 4.99. The van der Waals surface area contributed by atoms with Crippen LogP contribution >= 0.6 is 0 Å². The van der Waals surface area contributed by atoms with Crippen LogP contribution in [0.2, 0.25) is 0 Å². The Balaban J connectivity index is 1.81. The Morgan fingerprint density at radius 3 is 1.46 bits per heavy atom. The van der Waals surface area contributed by atoms with Gasteiger partial charge in [-0.25, -0.2) is 28.1 Å². The van der Waals surface area contributed by atoms with Crippen LogP contribution in [0.3, 0.4) is 0 Å². The molecule has 3 heterocycles. The molecule has 2 unspecified atom stereocenters. The second-order valence-electron chi connectivity index (χ2n) is 7.20. The van der Waals surface area contributed by atoms with E-state index >= 15 is 0 Å². The van der Waals surface area contributed by atoms with Crippen LogP contribution in [0.4, 0.5) is 0 Å². The number of hydrogen-bond donors (Lipinski definition) is 0. The summed E-state index contributed by atoms with van der Waals surface area (Å²) in [5.41, 5.74) is -1.44. The monoisotopic (exact) mass is 367 g/mol. The molecule has 2 fully saturated rings. The molecule has 2 aliphatic heterocycles. The molecular formula is C18H29N3O5. The number of rotatable bonds is 12. The molecule has 26 heavy (non-hydrogen) atoms. The number of aromatic nitrogens is 3. The van der Waals surface area contributed by atoms with Crippen LogP contribution in [0.15, 0.2) is 14.4 Å². The molecule has 0 radical (unpaired) electrons. The van der Waals surface area contributed by atoms with Gasteiger partial charge in [0.25, 0.3) is 0 Å². The van der Waals surface area contributed by atoms with E-state index in [0.29, 0.717) is 32.5 Å². The zero-order chi connectivity index (χ0) is 18.5. The highest BCUT2D eigenvalue weighted by Gasteiger charge is 2.23. The summed E-state index contributed by atoms with van der Waals surface area (Å²) in [7, 11) is 0. The van der Waals surface area contributed by atoms with E-state index in [1.807, 2.05) is 0 Å². The van der Waals surface area contributed by atoms with Gasteiger partial charge in [0.2, 0.25) is 0 Å². The molecule has 0 saturated carbocycles. The van der Waals surface area contributed by atoms with Crippen LogP contribution < -0.4 is 17.1 Å². The lowest BCUT2D eigenvalue weighted by Crippen LogP contribution is -2.54. The minimum absolute atomic E-state index is 0.266. The smallest absolute Gasteiger partial charge is 0.336 e. The van der Waals surface area contributed by atoms with E-state index < -0.39 is 17.1 Å². The maximum atomic E-state index is 12.7. The fourth-order valence-corrected chi connectivity index (χ4v) is 3.20. The predicted octanol–water partition coefficient (Wildman–Crippen LogP) is 0.720. The molecule has 8 nitrogen and oxygen atoms in total. The molecule has 2 saturated heterocycles. The predicted molar refractivity (Wildman–Crippen MR) is 96.7 cm³/mol. The average Bonchev–Trinajstić information content (AvgIpc) is 3.52. The lowest BCUT2D eigenvalue weighted by Gasteiger charge is -2.13. The van der Waals surface area contributed by atoms with Gasteiger partial charge in [0.05, 0.1) is 25.4 Å². The fourth-order valence-electron chi connectivity index (χ4n) is 3.20. The Morgan fingerprint density at radius 1 is 0.731 bits per heavy atom. The van der Waals surface area contributed by atoms with Crippen molar-refractivity contribution in [2.45, 2.75) is 83.7 Å². The highest BCUT2D eigenvalue weighted by Crippen LogP contribution is 2.16. The Hall–Kier alpha value is -1.67. The van der Waals surface area contributed by atoms with Crippen molar-refractivity contribution in [3.05, 3.63) is 31.5 Å². The van der Waals surface area contributed by atoms with Gasteiger partial charge in [0, 0.05) is 19.6 Å². The van der Waals surface area contributed by atoms with Crippen molar-refractivity contribution >= 4 is 0 Å². The first-order valence-electron chi connectivity index (χ1n) is 9.79. The van der Waals surface area contributed by atoms with Crippen molar-refractivity contribution in [3.8, 4) is 0 Å². The minimum atomic E-state index is -0.486. The van der Waals surface area contributed by atoms with E-state index in [2.05, 4.69) is 6.92 Å². The van der Waals surface area contributed by atoms with Gasteiger partial charge < -0.3 is 9.47 Å². The van der Waals surface area contributed by atoms with Crippen LogP contribution in [0.1, 0.15) is 51.9 Å². The second-order valence-corrected chi connectivity index (χ2v) is 7.20. The van der Waals surface area contributed by atoms with E-state index in [4.69, 9.17) is 9.47 Å². The zero-order valence-corrected chi connectivity index (χ0v) is 15.5. The molecule has 0 amide bonds. The molecule has 146 valence electrons. The lowest BCUT2D eigenvalue weighted by atomic mass is 10.2. The van der Waals surface area contributed by atoms with Crippen LogP contribution in [0, 0.1) is 0 Å². The Labute approximate surface area is 152 Å². The number of hydrogen-bond acceptors (Lipinski definition) is 5. The van der Waals surface area contributed by atoms with Gasteiger partial charge >= 0.3 is 17.1 Å². The summed E-state index contributed by atoms with van der Waals surface area (Å²) in [5, 5.41) is 0. The lowest BCUT2D eigenvalue weighted by molar-refractivity contribution is 0.367. The van der Waals surface area contributed by atoms with Crippen LogP contribution in [0.5, 0.6) is 0 Å². The summed E-state index contributed by atoms with van der Waals surface area (Å²) in [4.78, 5) is 38.1. The number of epoxide rings is 2. The van der Waals surface area contributed by atoms with Gasteiger partial charge in [-0.15, -0.1) is 0 Å². The van der Waals surface area contributed by atoms with Crippen molar-refractivity contribution in [1.82, 2.24) is 13.7 Å². The van der Waals surface area contributed by atoms with Crippen LogP contribution in [-0.4, -0.2) is 39.1 Å². The van der Waals surface area contributed by atoms with Gasteiger partial charge in [-0.05, 0) is 32.1 Å².